The van der Waals surface area contributed by atoms with Gasteiger partial charge in [0.2, 0.25) is 0 Å². The summed E-state index contributed by atoms with van der Waals surface area (Å²) in [4.78, 5) is 10.8. The van der Waals surface area contributed by atoms with Gasteiger partial charge in [-0.05, 0) is 14.0 Å². The van der Waals surface area contributed by atoms with E-state index in [0.29, 0.717) is 6.54 Å². The molecule has 0 saturated carbocycles. The van der Waals surface area contributed by atoms with Gasteiger partial charge in [0, 0.05) is 12.1 Å². The monoisotopic (exact) mass is 141 g/mol. The first-order valence-electron chi connectivity index (χ1n) is 3.16. The number of rotatable bonds is 2. The van der Waals surface area contributed by atoms with E-state index in [4.69, 9.17) is 0 Å². The Kier molecular flexibility index (Phi) is 1.91. The molecule has 0 aliphatic heterocycles. The van der Waals surface area contributed by atoms with Crippen molar-refractivity contribution in [2.75, 3.05) is 7.05 Å². The van der Waals surface area contributed by atoms with E-state index in [0.717, 1.165) is 11.3 Å². The van der Waals surface area contributed by atoms with Crippen LogP contribution >= 0.6 is 0 Å². The Balaban J connectivity index is 2.94. The molecule has 0 saturated heterocycles. The molecule has 4 heteroatoms. The van der Waals surface area contributed by atoms with E-state index in [-0.39, 0.29) is 5.56 Å². The number of aromatic nitrogens is 2. The Morgan fingerprint density at radius 1 is 1.50 bits per heavy atom. The van der Waals surface area contributed by atoms with Crippen LogP contribution in [0.15, 0.2) is 4.79 Å². The van der Waals surface area contributed by atoms with Crippen LogP contribution in [0.1, 0.15) is 11.3 Å². The molecule has 0 aliphatic carbocycles. The van der Waals surface area contributed by atoms with Crippen molar-refractivity contribution in [1.82, 2.24) is 15.5 Å². The van der Waals surface area contributed by atoms with Gasteiger partial charge in [0.25, 0.3) is 5.56 Å². The van der Waals surface area contributed by atoms with E-state index >= 15 is 0 Å². The third-order valence-corrected chi connectivity index (χ3v) is 1.47. The van der Waals surface area contributed by atoms with E-state index in [1.165, 1.54) is 0 Å². The van der Waals surface area contributed by atoms with Gasteiger partial charge in [0.15, 0.2) is 0 Å². The van der Waals surface area contributed by atoms with Crippen LogP contribution < -0.4 is 10.9 Å². The van der Waals surface area contributed by atoms with Crippen molar-refractivity contribution in [3.8, 4) is 0 Å². The second kappa shape index (κ2) is 2.70. The molecule has 0 spiro atoms. The summed E-state index contributed by atoms with van der Waals surface area (Å²) in [6.45, 7) is 2.49. The lowest BCUT2D eigenvalue weighted by molar-refractivity contribution is 0.779. The van der Waals surface area contributed by atoms with E-state index in [9.17, 15) is 4.79 Å². The van der Waals surface area contributed by atoms with Crippen LogP contribution in [0.5, 0.6) is 0 Å². The molecular formula is C6H11N3O. The molecule has 0 unspecified atom stereocenters. The highest BCUT2D eigenvalue weighted by atomic mass is 16.1. The summed E-state index contributed by atoms with van der Waals surface area (Å²) < 4.78 is 0. The molecule has 0 bridgehead atoms. The van der Waals surface area contributed by atoms with E-state index in [1.54, 1.807) is 6.92 Å². The third-order valence-electron chi connectivity index (χ3n) is 1.47. The maximum Gasteiger partial charge on any atom is 0.267 e. The molecular weight excluding hydrogens is 130 g/mol. The van der Waals surface area contributed by atoms with Crippen LogP contribution in [0.25, 0.3) is 0 Å². The molecule has 1 rings (SSSR count). The molecule has 3 N–H and O–H groups in total. The summed E-state index contributed by atoms with van der Waals surface area (Å²) in [5, 5.41) is 8.22. The minimum atomic E-state index is -0.0368. The highest BCUT2D eigenvalue weighted by molar-refractivity contribution is 5.13. The van der Waals surface area contributed by atoms with Gasteiger partial charge in [0.05, 0.1) is 5.69 Å². The highest BCUT2D eigenvalue weighted by Crippen LogP contribution is 1.94. The topological polar surface area (TPSA) is 60.7 Å². The van der Waals surface area contributed by atoms with Gasteiger partial charge >= 0.3 is 0 Å². The van der Waals surface area contributed by atoms with E-state index in [1.807, 2.05) is 7.05 Å². The smallest absolute Gasteiger partial charge is 0.267 e. The number of hydrogen-bond donors (Lipinski definition) is 3. The van der Waals surface area contributed by atoms with Crippen LogP contribution in [-0.4, -0.2) is 17.2 Å². The predicted octanol–water partition coefficient (Wildman–Crippen LogP) is -0.269. The van der Waals surface area contributed by atoms with Crippen molar-refractivity contribution in [2.45, 2.75) is 13.5 Å². The fourth-order valence-electron chi connectivity index (χ4n) is 0.810. The average molecular weight is 141 g/mol. The van der Waals surface area contributed by atoms with Crippen LogP contribution in [0, 0.1) is 6.92 Å². The Morgan fingerprint density at radius 3 is 2.60 bits per heavy atom. The van der Waals surface area contributed by atoms with Crippen LogP contribution in [-0.2, 0) is 6.54 Å². The van der Waals surface area contributed by atoms with Gasteiger partial charge in [-0.3, -0.25) is 9.89 Å². The molecule has 0 amide bonds. The Hall–Kier alpha value is -1.03. The largest absolute Gasteiger partial charge is 0.314 e. The minimum absolute atomic E-state index is 0.0368. The first-order valence-corrected chi connectivity index (χ1v) is 3.16. The Morgan fingerprint density at radius 2 is 2.20 bits per heavy atom. The zero-order valence-corrected chi connectivity index (χ0v) is 6.12. The van der Waals surface area contributed by atoms with Gasteiger partial charge in [-0.1, -0.05) is 0 Å². The number of hydrogen-bond acceptors (Lipinski definition) is 2. The van der Waals surface area contributed by atoms with E-state index in [2.05, 4.69) is 15.5 Å². The molecule has 0 fully saturated rings. The molecule has 0 atom stereocenters. The van der Waals surface area contributed by atoms with Crippen molar-refractivity contribution in [1.29, 1.82) is 0 Å². The maximum absolute atomic E-state index is 10.8. The maximum atomic E-state index is 10.8. The minimum Gasteiger partial charge on any atom is -0.314 e. The normalized spacial score (nSPS) is 10.2. The molecule has 1 heterocycles. The first-order chi connectivity index (χ1) is 4.75. The average Bonchev–Trinajstić information content (AvgIpc) is 2.20. The molecule has 0 aliphatic rings. The summed E-state index contributed by atoms with van der Waals surface area (Å²) >= 11 is 0. The Bertz CT molecular complexity index is 260. The fourth-order valence-corrected chi connectivity index (χ4v) is 0.810. The lowest BCUT2D eigenvalue weighted by atomic mass is 10.3. The summed E-state index contributed by atoms with van der Waals surface area (Å²) in [6.07, 6.45) is 0. The molecule has 1 aromatic rings. The van der Waals surface area contributed by atoms with Crippen molar-refractivity contribution in [2.24, 2.45) is 0 Å². The molecule has 10 heavy (non-hydrogen) atoms. The standard InChI is InChI=1S/C6H11N3O/c1-4-5(3-7-2)8-9-6(4)10/h7H,3H2,1-2H3,(H2,8,9,10). The van der Waals surface area contributed by atoms with Gasteiger partial charge in [-0.15, -0.1) is 0 Å². The number of H-pyrrole nitrogens is 2. The van der Waals surface area contributed by atoms with Crippen molar-refractivity contribution >= 4 is 0 Å². The van der Waals surface area contributed by atoms with Crippen LogP contribution in [0.4, 0.5) is 0 Å². The van der Waals surface area contributed by atoms with Gasteiger partial charge in [-0.25, -0.2) is 0 Å². The van der Waals surface area contributed by atoms with Gasteiger partial charge in [0.1, 0.15) is 0 Å². The second-order valence-electron chi connectivity index (χ2n) is 2.21. The van der Waals surface area contributed by atoms with Crippen molar-refractivity contribution < 1.29 is 0 Å². The van der Waals surface area contributed by atoms with Crippen LogP contribution in [0.3, 0.4) is 0 Å². The summed E-state index contributed by atoms with van der Waals surface area (Å²) in [5.41, 5.74) is 1.65. The SMILES string of the molecule is CNCc1[nH][nH]c(=O)c1C. The summed E-state index contributed by atoms with van der Waals surface area (Å²) in [7, 11) is 1.84. The second-order valence-corrected chi connectivity index (χ2v) is 2.21. The first kappa shape index (κ1) is 7.08. The fraction of sp³-hybridized carbons (Fsp3) is 0.500. The molecule has 0 aromatic carbocycles. The highest BCUT2D eigenvalue weighted by Gasteiger charge is 2.01. The zero-order valence-electron chi connectivity index (χ0n) is 6.12. The summed E-state index contributed by atoms with van der Waals surface area (Å²) in [5.74, 6) is 0. The third kappa shape index (κ3) is 1.11. The summed E-state index contributed by atoms with van der Waals surface area (Å²) in [6, 6.07) is 0. The van der Waals surface area contributed by atoms with Gasteiger partial charge < -0.3 is 10.4 Å². The molecule has 56 valence electrons. The van der Waals surface area contributed by atoms with Crippen molar-refractivity contribution in [3.63, 3.8) is 0 Å². The zero-order chi connectivity index (χ0) is 7.56. The molecule has 0 radical (unpaired) electrons. The number of aromatic amines is 2. The Labute approximate surface area is 58.6 Å². The lowest BCUT2D eigenvalue weighted by Crippen LogP contribution is -2.08. The van der Waals surface area contributed by atoms with Crippen molar-refractivity contribution in [3.05, 3.63) is 21.6 Å². The predicted molar refractivity (Wildman–Crippen MR) is 38.9 cm³/mol. The molecule has 1 aromatic heterocycles. The molecule has 4 nitrogen and oxygen atoms in total. The quantitative estimate of drug-likeness (QED) is 0.531. The number of nitrogens with one attached hydrogen (secondary N) is 3. The van der Waals surface area contributed by atoms with E-state index < -0.39 is 0 Å². The lowest BCUT2D eigenvalue weighted by Gasteiger charge is -1.93. The van der Waals surface area contributed by atoms with Crippen LogP contribution in [0.2, 0.25) is 0 Å². The van der Waals surface area contributed by atoms with Gasteiger partial charge in [-0.2, -0.15) is 0 Å².